The minimum Gasteiger partial charge on any atom is -0.379 e. The van der Waals surface area contributed by atoms with Crippen molar-refractivity contribution in [2.75, 3.05) is 0 Å². The molecule has 0 aromatic carbocycles. The van der Waals surface area contributed by atoms with Crippen LogP contribution in [0.1, 0.15) is 51.9 Å². The first-order valence-electron chi connectivity index (χ1n) is 5.69. The third kappa shape index (κ3) is 3.28. The standard InChI is InChI=1S/C11H23NO/c1-2-3-6-9-7-4-5-8-10(9)11(12)13/h9-11,13H,2-8,12H2,1H3. The Hall–Kier alpha value is -0.0800. The van der Waals surface area contributed by atoms with Crippen LogP contribution in [0.5, 0.6) is 0 Å². The molecule has 0 saturated heterocycles. The van der Waals surface area contributed by atoms with Gasteiger partial charge in [-0.2, -0.15) is 0 Å². The number of aliphatic hydroxyl groups excluding tert-OH is 1. The van der Waals surface area contributed by atoms with Gasteiger partial charge in [0.05, 0.1) is 0 Å². The van der Waals surface area contributed by atoms with Gasteiger partial charge in [-0.05, 0) is 12.3 Å². The first-order chi connectivity index (χ1) is 6.25. The van der Waals surface area contributed by atoms with Gasteiger partial charge < -0.3 is 10.8 Å². The Morgan fingerprint density at radius 3 is 2.69 bits per heavy atom. The minimum atomic E-state index is -0.581. The van der Waals surface area contributed by atoms with Gasteiger partial charge in [0.25, 0.3) is 0 Å². The molecular formula is C11H23NO. The summed E-state index contributed by atoms with van der Waals surface area (Å²) in [5.74, 6) is 1.06. The van der Waals surface area contributed by atoms with E-state index in [9.17, 15) is 5.11 Å². The fraction of sp³-hybridized carbons (Fsp3) is 1.00. The van der Waals surface area contributed by atoms with Crippen molar-refractivity contribution in [3.8, 4) is 0 Å². The topological polar surface area (TPSA) is 46.2 Å². The summed E-state index contributed by atoms with van der Waals surface area (Å²) in [5, 5.41) is 9.42. The zero-order valence-corrected chi connectivity index (χ0v) is 8.71. The predicted molar refractivity (Wildman–Crippen MR) is 55.2 cm³/mol. The molecule has 0 radical (unpaired) electrons. The van der Waals surface area contributed by atoms with Crippen LogP contribution in [0.15, 0.2) is 0 Å². The molecule has 2 heteroatoms. The largest absolute Gasteiger partial charge is 0.379 e. The molecule has 1 fully saturated rings. The molecule has 0 bridgehead atoms. The maximum atomic E-state index is 9.42. The van der Waals surface area contributed by atoms with Crippen molar-refractivity contribution in [2.45, 2.75) is 58.1 Å². The van der Waals surface area contributed by atoms with E-state index in [2.05, 4.69) is 6.92 Å². The van der Waals surface area contributed by atoms with E-state index in [1.54, 1.807) is 0 Å². The third-order valence-electron chi connectivity index (χ3n) is 3.34. The highest BCUT2D eigenvalue weighted by molar-refractivity contribution is 4.78. The molecule has 3 N–H and O–H groups in total. The Labute approximate surface area is 81.5 Å². The molecule has 0 heterocycles. The first kappa shape index (κ1) is 11.0. The summed E-state index contributed by atoms with van der Waals surface area (Å²) in [6.45, 7) is 2.22. The van der Waals surface area contributed by atoms with E-state index in [-0.39, 0.29) is 0 Å². The summed E-state index contributed by atoms with van der Waals surface area (Å²) in [5.41, 5.74) is 5.58. The molecule has 0 aliphatic heterocycles. The molecule has 0 aromatic heterocycles. The van der Waals surface area contributed by atoms with Crippen molar-refractivity contribution < 1.29 is 5.11 Å². The Kier molecular flexibility index (Phi) is 4.74. The smallest absolute Gasteiger partial charge is 0.105 e. The summed E-state index contributed by atoms with van der Waals surface area (Å²) in [6.07, 6.45) is 8.21. The van der Waals surface area contributed by atoms with Crippen LogP contribution >= 0.6 is 0 Å². The SMILES string of the molecule is CCCCC1CCCCC1C(N)O. The Morgan fingerprint density at radius 2 is 2.08 bits per heavy atom. The number of hydrogen-bond acceptors (Lipinski definition) is 2. The Morgan fingerprint density at radius 1 is 1.38 bits per heavy atom. The molecule has 1 rings (SSSR count). The summed E-state index contributed by atoms with van der Waals surface area (Å²) in [7, 11) is 0. The van der Waals surface area contributed by atoms with Gasteiger partial charge in [0, 0.05) is 5.92 Å². The Balaban J connectivity index is 2.37. The molecule has 0 amide bonds. The van der Waals surface area contributed by atoms with Gasteiger partial charge in [-0.25, -0.2) is 0 Å². The van der Waals surface area contributed by atoms with E-state index in [1.165, 1.54) is 38.5 Å². The summed E-state index contributed by atoms with van der Waals surface area (Å²) < 4.78 is 0. The van der Waals surface area contributed by atoms with E-state index < -0.39 is 6.23 Å². The van der Waals surface area contributed by atoms with Crippen molar-refractivity contribution in [1.29, 1.82) is 0 Å². The fourth-order valence-electron chi connectivity index (χ4n) is 2.51. The van der Waals surface area contributed by atoms with Gasteiger partial charge in [0.15, 0.2) is 0 Å². The van der Waals surface area contributed by atoms with Gasteiger partial charge in [0.2, 0.25) is 0 Å². The molecule has 1 aliphatic rings. The van der Waals surface area contributed by atoms with Crippen molar-refractivity contribution >= 4 is 0 Å². The van der Waals surface area contributed by atoms with Gasteiger partial charge >= 0.3 is 0 Å². The average Bonchev–Trinajstić information content (AvgIpc) is 2.15. The monoisotopic (exact) mass is 185 g/mol. The second-order valence-electron chi connectivity index (χ2n) is 4.34. The van der Waals surface area contributed by atoms with E-state index in [4.69, 9.17) is 5.73 Å². The summed E-state index contributed by atoms with van der Waals surface area (Å²) >= 11 is 0. The molecule has 0 aromatic rings. The highest BCUT2D eigenvalue weighted by Crippen LogP contribution is 2.34. The van der Waals surface area contributed by atoms with Crippen molar-refractivity contribution in [1.82, 2.24) is 0 Å². The lowest BCUT2D eigenvalue weighted by Crippen LogP contribution is -2.36. The van der Waals surface area contributed by atoms with Crippen LogP contribution in [0.25, 0.3) is 0 Å². The quantitative estimate of drug-likeness (QED) is 0.660. The number of nitrogens with two attached hydrogens (primary N) is 1. The highest BCUT2D eigenvalue weighted by Gasteiger charge is 2.28. The third-order valence-corrected chi connectivity index (χ3v) is 3.34. The molecule has 2 nitrogen and oxygen atoms in total. The zero-order valence-electron chi connectivity index (χ0n) is 8.71. The van der Waals surface area contributed by atoms with Crippen LogP contribution in [-0.4, -0.2) is 11.3 Å². The molecule has 1 aliphatic carbocycles. The molecular weight excluding hydrogens is 162 g/mol. The lowest BCUT2D eigenvalue weighted by Gasteiger charge is -2.33. The second kappa shape index (κ2) is 5.61. The minimum absolute atomic E-state index is 0.375. The summed E-state index contributed by atoms with van der Waals surface area (Å²) in [6, 6.07) is 0. The van der Waals surface area contributed by atoms with Gasteiger partial charge in [-0.3, -0.25) is 0 Å². The normalized spacial score (nSPS) is 31.6. The van der Waals surface area contributed by atoms with E-state index in [1.807, 2.05) is 0 Å². The maximum absolute atomic E-state index is 9.42. The number of rotatable bonds is 4. The number of aliphatic hydroxyl groups is 1. The van der Waals surface area contributed by atoms with Crippen LogP contribution in [0, 0.1) is 11.8 Å². The Bertz CT molecular complexity index is 136. The van der Waals surface area contributed by atoms with Gasteiger partial charge in [-0.1, -0.05) is 45.4 Å². The van der Waals surface area contributed by atoms with E-state index >= 15 is 0 Å². The molecule has 3 atom stereocenters. The van der Waals surface area contributed by atoms with Crippen LogP contribution < -0.4 is 5.73 Å². The number of unbranched alkanes of at least 4 members (excludes halogenated alkanes) is 1. The highest BCUT2D eigenvalue weighted by atomic mass is 16.3. The van der Waals surface area contributed by atoms with Crippen molar-refractivity contribution in [3.63, 3.8) is 0 Å². The lowest BCUT2D eigenvalue weighted by atomic mass is 9.76. The van der Waals surface area contributed by atoms with E-state index in [0.717, 1.165) is 6.42 Å². The fourth-order valence-corrected chi connectivity index (χ4v) is 2.51. The van der Waals surface area contributed by atoms with Crippen LogP contribution in [-0.2, 0) is 0 Å². The molecule has 1 saturated carbocycles. The maximum Gasteiger partial charge on any atom is 0.105 e. The second-order valence-corrected chi connectivity index (χ2v) is 4.34. The zero-order chi connectivity index (χ0) is 9.68. The number of hydrogen-bond donors (Lipinski definition) is 2. The lowest BCUT2D eigenvalue weighted by molar-refractivity contribution is 0.0483. The van der Waals surface area contributed by atoms with Crippen molar-refractivity contribution in [2.24, 2.45) is 17.6 Å². The van der Waals surface area contributed by atoms with Crippen LogP contribution in [0.2, 0.25) is 0 Å². The molecule has 3 unspecified atom stereocenters. The first-order valence-corrected chi connectivity index (χ1v) is 5.69. The molecule has 13 heavy (non-hydrogen) atoms. The van der Waals surface area contributed by atoms with Crippen LogP contribution in [0.4, 0.5) is 0 Å². The molecule has 78 valence electrons. The molecule has 0 spiro atoms. The van der Waals surface area contributed by atoms with E-state index in [0.29, 0.717) is 11.8 Å². The average molecular weight is 185 g/mol. The van der Waals surface area contributed by atoms with Crippen molar-refractivity contribution in [3.05, 3.63) is 0 Å². The van der Waals surface area contributed by atoms with Gasteiger partial charge in [0.1, 0.15) is 6.23 Å². The van der Waals surface area contributed by atoms with Crippen LogP contribution in [0.3, 0.4) is 0 Å². The van der Waals surface area contributed by atoms with Gasteiger partial charge in [-0.15, -0.1) is 0 Å². The summed E-state index contributed by atoms with van der Waals surface area (Å²) in [4.78, 5) is 0. The predicted octanol–water partition coefficient (Wildman–Crippen LogP) is 2.26.